The first-order valence-electron chi connectivity index (χ1n) is 4.87. The third kappa shape index (κ3) is 2.66. The molecule has 0 radical (unpaired) electrons. The fourth-order valence-corrected chi connectivity index (χ4v) is 1.70. The molecule has 5 atom stereocenters. The summed E-state index contributed by atoms with van der Waals surface area (Å²) in [4.78, 5) is 10.8. The predicted octanol–water partition coefficient (Wildman–Crippen LogP) is -1.80. The molecule has 0 aromatic carbocycles. The molecular weight excluding hydrogens is 202 g/mol. The maximum Gasteiger partial charge on any atom is 0.217 e. The van der Waals surface area contributed by atoms with Crippen LogP contribution in [0.25, 0.3) is 0 Å². The maximum absolute atomic E-state index is 10.8. The molecule has 0 spiro atoms. The van der Waals surface area contributed by atoms with Crippen molar-refractivity contribution >= 4 is 5.91 Å². The monoisotopic (exact) mass is 219 g/mol. The molecule has 88 valence electrons. The van der Waals surface area contributed by atoms with Crippen molar-refractivity contribution in [1.29, 1.82) is 0 Å². The van der Waals surface area contributed by atoms with Crippen molar-refractivity contribution in [2.24, 2.45) is 5.92 Å². The van der Waals surface area contributed by atoms with Gasteiger partial charge in [-0.05, 0) is 0 Å². The third-order valence-corrected chi connectivity index (χ3v) is 2.66. The molecule has 1 amide bonds. The Morgan fingerprint density at radius 1 is 1.47 bits per heavy atom. The number of rotatable bonds is 2. The van der Waals surface area contributed by atoms with E-state index in [9.17, 15) is 15.0 Å². The second-order valence-electron chi connectivity index (χ2n) is 3.82. The number of amides is 1. The minimum atomic E-state index is -1.29. The Morgan fingerprint density at radius 3 is 2.53 bits per heavy atom. The fourth-order valence-electron chi connectivity index (χ4n) is 1.70. The smallest absolute Gasteiger partial charge is 0.217 e. The molecule has 1 aliphatic rings. The average Bonchev–Trinajstić information content (AvgIpc) is 2.18. The summed E-state index contributed by atoms with van der Waals surface area (Å²) in [5.41, 5.74) is 0. The number of carbonyl (C=O) groups is 1. The molecule has 6 heteroatoms. The van der Waals surface area contributed by atoms with E-state index in [2.05, 4.69) is 5.32 Å². The van der Waals surface area contributed by atoms with Gasteiger partial charge in [-0.3, -0.25) is 4.79 Å². The summed E-state index contributed by atoms with van der Waals surface area (Å²) in [6, 6.07) is -0.847. The molecule has 1 saturated heterocycles. The highest BCUT2D eigenvalue weighted by atomic mass is 16.6. The number of hydrogen-bond donors (Lipinski definition) is 4. The number of aliphatic hydroxyl groups is 3. The van der Waals surface area contributed by atoms with Gasteiger partial charge < -0.3 is 25.4 Å². The summed E-state index contributed by atoms with van der Waals surface area (Å²) in [6.45, 7) is 2.70. The van der Waals surface area contributed by atoms with Crippen molar-refractivity contribution in [2.75, 3.05) is 6.61 Å². The zero-order chi connectivity index (χ0) is 11.6. The minimum Gasteiger partial charge on any atom is -0.394 e. The van der Waals surface area contributed by atoms with Gasteiger partial charge in [0.1, 0.15) is 6.04 Å². The largest absolute Gasteiger partial charge is 0.394 e. The van der Waals surface area contributed by atoms with Gasteiger partial charge in [0, 0.05) is 12.8 Å². The molecule has 1 fully saturated rings. The SMILES string of the molecule is CC(=O)NC1C(O)C(C)C(CO)O[C@@H]1O. The van der Waals surface area contributed by atoms with Crippen LogP contribution in [0.4, 0.5) is 0 Å². The van der Waals surface area contributed by atoms with Gasteiger partial charge >= 0.3 is 0 Å². The summed E-state index contributed by atoms with van der Waals surface area (Å²) >= 11 is 0. The summed E-state index contributed by atoms with van der Waals surface area (Å²) < 4.78 is 5.06. The lowest BCUT2D eigenvalue weighted by Crippen LogP contribution is -2.60. The predicted molar refractivity (Wildman–Crippen MR) is 50.7 cm³/mol. The van der Waals surface area contributed by atoms with E-state index >= 15 is 0 Å². The first-order valence-corrected chi connectivity index (χ1v) is 4.87. The van der Waals surface area contributed by atoms with Gasteiger partial charge in [-0.15, -0.1) is 0 Å². The van der Waals surface area contributed by atoms with Crippen LogP contribution < -0.4 is 5.32 Å². The first kappa shape index (κ1) is 12.4. The third-order valence-electron chi connectivity index (χ3n) is 2.66. The molecule has 0 aromatic rings. The van der Waals surface area contributed by atoms with Crippen LogP contribution in [-0.2, 0) is 9.53 Å². The average molecular weight is 219 g/mol. The zero-order valence-electron chi connectivity index (χ0n) is 8.75. The molecule has 0 aliphatic carbocycles. The van der Waals surface area contributed by atoms with Gasteiger partial charge in [0.05, 0.1) is 18.8 Å². The van der Waals surface area contributed by atoms with E-state index in [-0.39, 0.29) is 18.4 Å². The van der Waals surface area contributed by atoms with Gasteiger partial charge in [0.15, 0.2) is 6.29 Å². The number of hydrogen-bond acceptors (Lipinski definition) is 5. The van der Waals surface area contributed by atoms with E-state index in [1.165, 1.54) is 6.92 Å². The minimum absolute atomic E-state index is 0.276. The molecule has 4 N–H and O–H groups in total. The molecule has 0 saturated carbocycles. The molecule has 1 rings (SSSR count). The van der Waals surface area contributed by atoms with Gasteiger partial charge in [-0.1, -0.05) is 6.92 Å². The normalized spacial score (nSPS) is 41.3. The van der Waals surface area contributed by atoms with E-state index in [1.807, 2.05) is 0 Å². The van der Waals surface area contributed by atoms with Crippen LogP contribution >= 0.6 is 0 Å². The second kappa shape index (κ2) is 4.89. The lowest BCUT2D eigenvalue weighted by Gasteiger charge is -2.41. The highest BCUT2D eigenvalue weighted by Gasteiger charge is 2.42. The van der Waals surface area contributed by atoms with E-state index < -0.39 is 24.5 Å². The maximum atomic E-state index is 10.8. The molecular formula is C9H17NO5. The van der Waals surface area contributed by atoms with Crippen LogP contribution in [0.1, 0.15) is 13.8 Å². The molecule has 4 unspecified atom stereocenters. The molecule has 0 aromatic heterocycles. The summed E-state index contributed by atoms with van der Waals surface area (Å²) in [7, 11) is 0. The second-order valence-corrected chi connectivity index (χ2v) is 3.82. The number of nitrogens with one attached hydrogen (secondary N) is 1. The van der Waals surface area contributed by atoms with Crippen molar-refractivity contribution in [3.8, 4) is 0 Å². The number of carbonyl (C=O) groups excluding carboxylic acids is 1. The van der Waals surface area contributed by atoms with E-state index in [0.29, 0.717) is 0 Å². The number of ether oxygens (including phenoxy) is 1. The van der Waals surface area contributed by atoms with Gasteiger partial charge in [0.25, 0.3) is 0 Å². The molecule has 1 aliphatic heterocycles. The zero-order valence-corrected chi connectivity index (χ0v) is 8.75. The van der Waals surface area contributed by atoms with E-state index in [4.69, 9.17) is 9.84 Å². The Kier molecular flexibility index (Phi) is 4.04. The van der Waals surface area contributed by atoms with Gasteiger partial charge in [0.2, 0.25) is 5.91 Å². The summed E-state index contributed by atoms with van der Waals surface area (Å²) in [5.74, 6) is -0.702. The standard InChI is InChI=1S/C9H17NO5/c1-4-6(3-11)15-9(14)7(8(4)13)10-5(2)12/h4,6-9,11,13-14H,3H2,1-2H3,(H,10,12)/t4?,6?,7?,8?,9-/m0/s1. The lowest BCUT2D eigenvalue weighted by atomic mass is 9.89. The highest BCUT2D eigenvalue weighted by Crippen LogP contribution is 2.24. The quantitative estimate of drug-likeness (QED) is 0.439. The Morgan fingerprint density at radius 2 is 2.07 bits per heavy atom. The molecule has 15 heavy (non-hydrogen) atoms. The van der Waals surface area contributed by atoms with E-state index in [1.54, 1.807) is 6.92 Å². The lowest BCUT2D eigenvalue weighted by molar-refractivity contribution is -0.235. The number of aliphatic hydroxyl groups excluding tert-OH is 3. The van der Waals surface area contributed by atoms with E-state index in [0.717, 1.165) is 0 Å². The van der Waals surface area contributed by atoms with Gasteiger partial charge in [-0.2, -0.15) is 0 Å². The Hall–Kier alpha value is -0.690. The molecule has 0 bridgehead atoms. The molecule has 1 heterocycles. The summed E-state index contributed by atoms with van der Waals surface area (Å²) in [6.07, 6.45) is -2.84. The van der Waals surface area contributed by atoms with Crippen molar-refractivity contribution in [3.05, 3.63) is 0 Å². The summed E-state index contributed by atoms with van der Waals surface area (Å²) in [5, 5.41) is 30.6. The van der Waals surface area contributed by atoms with Crippen LogP contribution in [0.15, 0.2) is 0 Å². The highest BCUT2D eigenvalue weighted by molar-refractivity contribution is 5.73. The van der Waals surface area contributed by atoms with Crippen molar-refractivity contribution in [3.63, 3.8) is 0 Å². The first-order chi connectivity index (χ1) is 6.97. The van der Waals surface area contributed by atoms with Crippen LogP contribution in [-0.4, -0.2) is 52.4 Å². The molecule has 6 nitrogen and oxygen atoms in total. The van der Waals surface area contributed by atoms with Gasteiger partial charge in [-0.25, -0.2) is 0 Å². The van der Waals surface area contributed by atoms with Crippen LogP contribution in [0.5, 0.6) is 0 Å². The van der Waals surface area contributed by atoms with Crippen LogP contribution in [0.2, 0.25) is 0 Å². The Labute approximate surface area is 87.9 Å². The van der Waals surface area contributed by atoms with Crippen molar-refractivity contribution in [1.82, 2.24) is 5.32 Å². The van der Waals surface area contributed by atoms with Crippen molar-refractivity contribution < 1.29 is 24.9 Å². The van der Waals surface area contributed by atoms with Crippen molar-refractivity contribution in [2.45, 2.75) is 38.4 Å². The van der Waals surface area contributed by atoms with Crippen LogP contribution in [0.3, 0.4) is 0 Å². The Bertz CT molecular complexity index is 235. The topological polar surface area (TPSA) is 99.0 Å². The Balaban J connectivity index is 2.70. The fraction of sp³-hybridized carbons (Fsp3) is 0.889. The van der Waals surface area contributed by atoms with Crippen LogP contribution in [0, 0.1) is 5.92 Å².